The van der Waals surface area contributed by atoms with Crippen LogP contribution in [0.3, 0.4) is 0 Å². The number of carbonyl (C=O) groups excluding carboxylic acids is 1. The Morgan fingerprint density at radius 2 is 1.76 bits per heavy atom. The molecule has 0 unspecified atom stereocenters. The molecule has 2 atom stereocenters. The van der Waals surface area contributed by atoms with E-state index in [9.17, 15) is 4.79 Å². The molecule has 1 aromatic carbocycles. The van der Waals surface area contributed by atoms with E-state index < -0.39 is 0 Å². The standard InChI is InChI=1S/C15H21NO/c1-12-7-6-8-13(2)16(12)15(17)11-14-9-4-3-5-10-14/h3-5,9-10,12-13H,6-8,11H2,1-2H3/t12-,13-/m1/s1. The third kappa shape index (κ3) is 2.87. The quantitative estimate of drug-likeness (QED) is 0.766. The summed E-state index contributed by atoms with van der Waals surface area (Å²) in [7, 11) is 0. The third-order valence-corrected chi connectivity index (χ3v) is 3.68. The Balaban J connectivity index is 2.04. The van der Waals surface area contributed by atoms with Gasteiger partial charge in [0.25, 0.3) is 0 Å². The maximum atomic E-state index is 12.3. The van der Waals surface area contributed by atoms with Crippen molar-refractivity contribution in [1.82, 2.24) is 4.90 Å². The van der Waals surface area contributed by atoms with Gasteiger partial charge in [-0.05, 0) is 38.7 Å². The number of nitrogens with zero attached hydrogens (tertiary/aromatic N) is 1. The van der Waals surface area contributed by atoms with Gasteiger partial charge in [-0.3, -0.25) is 4.79 Å². The number of hydrogen-bond donors (Lipinski definition) is 0. The van der Waals surface area contributed by atoms with Crippen molar-refractivity contribution in [2.24, 2.45) is 0 Å². The molecule has 1 heterocycles. The summed E-state index contributed by atoms with van der Waals surface area (Å²) in [5.41, 5.74) is 1.11. The highest BCUT2D eigenvalue weighted by atomic mass is 16.2. The van der Waals surface area contributed by atoms with Gasteiger partial charge in [-0.25, -0.2) is 0 Å². The summed E-state index contributed by atoms with van der Waals surface area (Å²) in [6.45, 7) is 4.33. The van der Waals surface area contributed by atoms with E-state index in [1.54, 1.807) is 0 Å². The van der Waals surface area contributed by atoms with Crippen LogP contribution in [0.25, 0.3) is 0 Å². The Hall–Kier alpha value is -1.31. The highest BCUT2D eigenvalue weighted by molar-refractivity contribution is 5.79. The Labute approximate surface area is 104 Å². The van der Waals surface area contributed by atoms with Crippen LogP contribution in [0.1, 0.15) is 38.7 Å². The summed E-state index contributed by atoms with van der Waals surface area (Å²) in [5.74, 6) is 0.274. The molecule has 2 rings (SSSR count). The molecular weight excluding hydrogens is 210 g/mol. The topological polar surface area (TPSA) is 20.3 Å². The zero-order chi connectivity index (χ0) is 12.3. The van der Waals surface area contributed by atoms with E-state index >= 15 is 0 Å². The molecule has 0 saturated carbocycles. The first-order valence-electron chi connectivity index (χ1n) is 6.53. The molecule has 0 aliphatic carbocycles. The van der Waals surface area contributed by atoms with E-state index in [0.717, 1.165) is 18.4 Å². The van der Waals surface area contributed by atoms with Gasteiger partial charge in [0.05, 0.1) is 6.42 Å². The van der Waals surface area contributed by atoms with Crippen LogP contribution in [0.2, 0.25) is 0 Å². The van der Waals surface area contributed by atoms with Gasteiger partial charge in [0.1, 0.15) is 0 Å². The number of piperidine rings is 1. The van der Waals surface area contributed by atoms with Gasteiger partial charge >= 0.3 is 0 Å². The number of amides is 1. The predicted molar refractivity (Wildman–Crippen MR) is 69.8 cm³/mol. The molecule has 1 saturated heterocycles. The highest BCUT2D eigenvalue weighted by Crippen LogP contribution is 2.23. The second-order valence-corrected chi connectivity index (χ2v) is 5.09. The normalized spacial score (nSPS) is 24.7. The molecule has 1 aliphatic rings. The van der Waals surface area contributed by atoms with Crippen LogP contribution in [0.15, 0.2) is 30.3 Å². The monoisotopic (exact) mass is 231 g/mol. The Kier molecular flexibility index (Phi) is 3.82. The van der Waals surface area contributed by atoms with Crippen molar-refractivity contribution in [3.05, 3.63) is 35.9 Å². The van der Waals surface area contributed by atoms with Crippen molar-refractivity contribution >= 4 is 5.91 Å². The Morgan fingerprint density at radius 3 is 2.35 bits per heavy atom. The molecule has 17 heavy (non-hydrogen) atoms. The van der Waals surface area contributed by atoms with Crippen LogP contribution < -0.4 is 0 Å². The second-order valence-electron chi connectivity index (χ2n) is 5.09. The van der Waals surface area contributed by atoms with Gasteiger partial charge in [-0.2, -0.15) is 0 Å². The molecule has 0 radical (unpaired) electrons. The van der Waals surface area contributed by atoms with Crippen LogP contribution in [0, 0.1) is 0 Å². The number of likely N-dealkylation sites (tertiary alicyclic amines) is 1. The molecule has 2 nitrogen and oxygen atoms in total. The summed E-state index contributed by atoms with van der Waals surface area (Å²) in [6.07, 6.45) is 4.07. The van der Waals surface area contributed by atoms with E-state index in [2.05, 4.69) is 18.7 Å². The van der Waals surface area contributed by atoms with E-state index in [1.165, 1.54) is 6.42 Å². The molecule has 1 amide bonds. The first-order valence-corrected chi connectivity index (χ1v) is 6.53. The van der Waals surface area contributed by atoms with Crippen LogP contribution in [0.4, 0.5) is 0 Å². The van der Waals surface area contributed by atoms with Gasteiger partial charge in [-0.15, -0.1) is 0 Å². The maximum absolute atomic E-state index is 12.3. The van der Waals surface area contributed by atoms with Crippen LogP contribution in [-0.2, 0) is 11.2 Å². The lowest BCUT2D eigenvalue weighted by atomic mass is 9.96. The molecular formula is C15H21NO. The third-order valence-electron chi connectivity index (χ3n) is 3.68. The number of hydrogen-bond acceptors (Lipinski definition) is 1. The lowest BCUT2D eigenvalue weighted by Gasteiger charge is -2.39. The molecule has 1 aliphatic heterocycles. The minimum Gasteiger partial charge on any atom is -0.337 e. The van der Waals surface area contributed by atoms with Crippen molar-refractivity contribution < 1.29 is 4.79 Å². The first kappa shape index (κ1) is 12.2. The summed E-state index contributed by atoms with van der Waals surface area (Å²) in [5, 5.41) is 0. The first-order chi connectivity index (χ1) is 8.18. The summed E-state index contributed by atoms with van der Waals surface area (Å²) < 4.78 is 0. The fourth-order valence-corrected chi connectivity index (χ4v) is 2.77. The van der Waals surface area contributed by atoms with Gasteiger partial charge in [0, 0.05) is 12.1 Å². The van der Waals surface area contributed by atoms with Gasteiger partial charge in [0.2, 0.25) is 5.91 Å². The fourth-order valence-electron chi connectivity index (χ4n) is 2.77. The van der Waals surface area contributed by atoms with Gasteiger partial charge in [0.15, 0.2) is 0 Å². The average Bonchev–Trinajstić information content (AvgIpc) is 2.30. The van der Waals surface area contributed by atoms with Gasteiger partial charge in [-0.1, -0.05) is 30.3 Å². The molecule has 0 N–H and O–H groups in total. The molecule has 92 valence electrons. The Bertz CT molecular complexity index is 364. The lowest BCUT2D eigenvalue weighted by molar-refractivity contribution is -0.136. The van der Waals surface area contributed by atoms with E-state index in [4.69, 9.17) is 0 Å². The van der Waals surface area contributed by atoms with E-state index in [1.807, 2.05) is 30.3 Å². The van der Waals surface area contributed by atoms with Crippen molar-refractivity contribution in [1.29, 1.82) is 0 Å². The minimum atomic E-state index is 0.274. The SMILES string of the molecule is C[C@@H]1CCC[C@@H](C)N1C(=O)Cc1ccccc1. The molecule has 0 bridgehead atoms. The van der Waals surface area contributed by atoms with Crippen LogP contribution >= 0.6 is 0 Å². The zero-order valence-corrected chi connectivity index (χ0v) is 10.7. The van der Waals surface area contributed by atoms with Crippen molar-refractivity contribution in [2.45, 2.75) is 51.6 Å². The Morgan fingerprint density at radius 1 is 1.18 bits per heavy atom. The fraction of sp³-hybridized carbons (Fsp3) is 0.533. The minimum absolute atomic E-state index is 0.274. The lowest BCUT2D eigenvalue weighted by Crippen LogP contribution is -2.48. The predicted octanol–water partition coefficient (Wildman–Crippen LogP) is 3.02. The zero-order valence-electron chi connectivity index (χ0n) is 10.7. The average molecular weight is 231 g/mol. The molecule has 1 fully saturated rings. The van der Waals surface area contributed by atoms with E-state index in [-0.39, 0.29) is 5.91 Å². The van der Waals surface area contributed by atoms with Crippen molar-refractivity contribution in [2.75, 3.05) is 0 Å². The molecule has 1 aromatic rings. The second kappa shape index (κ2) is 5.35. The highest BCUT2D eigenvalue weighted by Gasteiger charge is 2.28. The smallest absolute Gasteiger partial charge is 0.227 e. The summed E-state index contributed by atoms with van der Waals surface area (Å²) in [6, 6.07) is 10.8. The number of benzene rings is 1. The van der Waals surface area contributed by atoms with Crippen LogP contribution in [0.5, 0.6) is 0 Å². The molecule has 0 aromatic heterocycles. The largest absolute Gasteiger partial charge is 0.337 e. The summed E-state index contributed by atoms with van der Waals surface area (Å²) >= 11 is 0. The van der Waals surface area contributed by atoms with Gasteiger partial charge < -0.3 is 4.90 Å². The van der Waals surface area contributed by atoms with Crippen LogP contribution in [-0.4, -0.2) is 22.9 Å². The van der Waals surface area contributed by atoms with Crippen molar-refractivity contribution in [3.63, 3.8) is 0 Å². The maximum Gasteiger partial charge on any atom is 0.227 e. The number of carbonyl (C=O) groups is 1. The molecule has 0 spiro atoms. The molecule has 2 heteroatoms. The van der Waals surface area contributed by atoms with Crippen molar-refractivity contribution in [3.8, 4) is 0 Å². The van der Waals surface area contributed by atoms with E-state index in [0.29, 0.717) is 18.5 Å². The summed E-state index contributed by atoms with van der Waals surface area (Å²) in [4.78, 5) is 14.4. The number of rotatable bonds is 2.